The van der Waals surface area contributed by atoms with Gasteiger partial charge in [-0.05, 0) is 26.8 Å². The summed E-state index contributed by atoms with van der Waals surface area (Å²) in [5, 5.41) is 8.90. The van der Waals surface area contributed by atoms with Crippen LogP contribution in [-0.4, -0.2) is 53.6 Å². The molecule has 0 spiro atoms. The van der Waals surface area contributed by atoms with Crippen LogP contribution in [0.2, 0.25) is 0 Å². The first kappa shape index (κ1) is 15.6. The van der Waals surface area contributed by atoms with Crippen LogP contribution in [0.15, 0.2) is 12.2 Å². The Morgan fingerprint density at radius 3 is 2.68 bits per heavy atom. The highest BCUT2D eigenvalue weighted by molar-refractivity contribution is 5.88. The van der Waals surface area contributed by atoms with Crippen molar-refractivity contribution in [2.24, 2.45) is 0 Å². The van der Waals surface area contributed by atoms with Crippen molar-refractivity contribution in [2.75, 3.05) is 26.3 Å². The van der Waals surface area contributed by atoms with Crippen LogP contribution in [-0.2, 0) is 4.79 Å². The van der Waals surface area contributed by atoms with E-state index in [-0.39, 0.29) is 17.5 Å². The van der Waals surface area contributed by atoms with E-state index in [2.05, 4.69) is 31.7 Å². The Hall–Kier alpha value is -1.41. The van der Waals surface area contributed by atoms with Crippen molar-refractivity contribution in [1.82, 2.24) is 9.80 Å². The molecule has 4 nitrogen and oxygen atoms in total. The number of carbonyl (C=O) groups is 1. The van der Waals surface area contributed by atoms with Gasteiger partial charge in [-0.15, -0.1) is 0 Å². The molecule has 1 saturated heterocycles. The summed E-state index contributed by atoms with van der Waals surface area (Å²) in [4.78, 5) is 15.9. The molecule has 0 bridgehead atoms. The molecule has 0 unspecified atom stereocenters. The molecule has 1 heterocycles. The van der Waals surface area contributed by atoms with Gasteiger partial charge >= 0.3 is 0 Å². The zero-order chi connectivity index (χ0) is 14.5. The third-order valence-corrected chi connectivity index (χ3v) is 3.39. The summed E-state index contributed by atoms with van der Waals surface area (Å²) >= 11 is 0. The molecular weight excluding hydrogens is 245 g/mol. The smallest absolute Gasteiger partial charge is 0.246 e. The first-order valence-corrected chi connectivity index (χ1v) is 6.55. The fraction of sp³-hybridized carbons (Fsp3) is 0.714. The van der Waals surface area contributed by atoms with E-state index >= 15 is 0 Å². The number of allylic oxidation sites excluding steroid dienone is 1. The van der Waals surface area contributed by atoms with E-state index in [1.807, 2.05) is 0 Å². The second kappa shape index (κ2) is 6.67. The fourth-order valence-corrected chi connectivity index (χ4v) is 2.28. The second-order valence-corrected chi connectivity index (χ2v) is 5.72. The lowest BCUT2D eigenvalue weighted by atomic mass is 10.0. The molecule has 0 saturated carbocycles. The van der Waals surface area contributed by atoms with Crippen molar-refractivity contribution in [2.45, 2.75) is 38.8 Å². The van der Waals surface area contributed by atoms with E-state index in [4.69, 9.17) is 5.26 Å². The van der Waals surface area contributed by atoms with Gasteiger partial charge < -0.3 is 4.90 Å². The zero-order valence-electron chi connectivity index (χ0n) is 11.9. The highest BCUT2D eigenvalue weighted by atomic mass is 19.1. The number of halogens is 1. The van der Waals surface area contributed by atoms with Gasteiger partial charge in [-0.2, -0.15) is 5.26 Å². The van der Waals surface area contributed by atoms with Crippen LogP contribution in [0, 0.1) is 11.3 Å². The lowest BCUT2D eigenvalue weighted by Gasteiger charge is -2.46. The lowest BCUT2D eigenvalue weighted by molar-refractivity contribution is -0.131. The number of piperazine rings is 1. The minimum atomic E-state index is -0.642. The topological polar surface area (TPSA) is 47.3 Å². The van der Waals surface area contributed by atoms with Gasteiger partial charge in [0.15, 0.2) is 0 Å². The summed E-state index contributed by atoms with van der Waals surface area (Å²) in [7, 11) is 0. The van der Waals surface area contributed by atoms with Crippen molar-refractivity contribution in [1.29, 1.82) is 5.26 Å². The number of rotatable bonds is 3. The Bertz CT molecular complexity index is 381. The molecule has 1 rings (SSSR count). The van der Waals surface area contributed by atoms with Gasteiger partial charge in [0.2, 0.25) is 5.91 Å². The molecule has 0 aromatic rings. The van der Waals surface area contributed by atoms with Crippen LogP contribution < -0.4 is 0 Å². The largest absolute Gasteiger partial charge is 0.333 e. The third kappa shape index (κ3) is 4.32. The molecule has 1 fully saturated rings. The van der Waals surface area contributed by atoms with Crippen molar-refractivity contribution in [3.05, 3.63) is 12.2 Å². The quantitative estimate of drug-likeness (QED) is 0.732. The van der Waals surface area contributed by atoms with Gasteiger partial charge in [0, 0.05) is 31.2 Å². The van der Waals surface area contributed by atoms with Gasteiger partial charge in [0.1, 0.15) is 6.67 Å². The average Bonchev–Trinajstić information content (AvgIpc) is 2.35. The van der Waals surface area contributed by atoms with Gasteiger partial charge in [0.05, 0.1) is 18.5 Å². The maximum Gasteiger partial charge on any atom is 0.246 e. The van der Waals surface area contributed by atoms with Crippen LogP contribution >= 0.6 is 0 Å². The molecule has 0 N–H and O–H groups in total. The molecule has 1 atom stereocenters. The maximum atomic E-state index is 12.1. The first-order valence-electron chi connectivity index (χ1n) is 6.55. The molecule has 0 aromatic carbocycles. The minimum absolute atomic E-state index is 0.0254. The summed E-state index contributed by atoms with van der Waals surface area (Å²) in [6.45, 7) is 7.77. The average molecular weight is 267 g/mol. The van der Waals surface area contributed by atoms with Crippen molar-refractivity contribution >= 4 is 5.91 Å². The number of carbonyl (C=O) groups excluding carboxylic acids is 1. The number of hydrogen-bond donors (Lipinski definition) is 0. The molecule has 19 heavy (non-hydrogen) atoms. The first-order chi connectivity index (χ1) is 8.90. The Balaban J connectivity index is 2.77. The standard InChI is InChI=1S/C14H22FN3O/c1-14(2,3)17-9-10-18(12(11-17)6-8-16)13(19)5-4-7-15/h4-5,12H,6-7,9-11H2,1-3H3/b5-4+/t12-/m0/s1. The predicted molar refractivity (Wildman–Crippen MR) is 72.2 cm³/mol. The van der Waals surface area contributed by atoms with E-state index < -0.39 is 6.67 Å². The van der Waals surface area contributed by atoms with Crippen LogP contribution in [0.1, 0.15) is 27.2 Å². The van der Waals surface area contributed by atoms with Gasteiger partial charge in [0.25, 0.3) is 0 Å². The molecule has 1 amide bonds. The Morgan fingerprint density at radius 1 is 1.47 bits per heavy atom. The predicted octanol–water partition coefficient (Wildman–Crippen LogP) is 1.74. The summed E-state index contributed by atoms with van der Waals surface area (Å²) in [5.74, 6) is -0.202. The van der Waals surface area contributed by atoms with Crippen molar-refractivity contribution in [3.63, 3.8) is 0 Å². The summed E-state index contributed by atoms with van der Waals surface area (Å²) in [6.07, 6.45) is 2.78. The normalized spacial score (nSPS) is 21.6. The summed E-state index contributed by atoms with van der Waals surface area (Å²) < 4.78 is 12.1. The van der Waals surface area contributed by atoms with Crippen LogP contribution in [0.5, 0.6) is 0 Å². The van der Waals surface area contributed by atoms with Crippen LogP contribution in [0.3, 0.4) is 0 Å². The summed E-state index contributed by atoms with van der Waals surface area (Å²) in [5.41, 5.74) is 0.0254. The SMILES string of the molecule is CC(C)(C)N1CCN(C(=O)/C=C/CF)[C@@H](CC#N)C1. The number of alkyl halides is 1. The molecule has 0 radical (unpaired) electrons. The zero-order valence-corrected chi connectivity index (χ0v) is 11.9. The van der Waals surface area contributed by atoms with Crippen molar-refractivity contribution < 1.29 is 9.18 Å². The van der Waals surface area contributed by atoms with Gasteiger partial charge in [-0.1, -0.05) is 0 Å². The number of amides is 1. The lowest BCUT2D eigenvalue weighted by Crippen LogP contribution is -2.59. The summed E-state index contributed by atoms with van der Waals surface area (Å²) in [6, 6.07) is 2.02. The molecular formula is C14H22FN3O. The molecule has 106 valence electrons. The van der Waals surface area contributed by atoms with Crippen LogP contribution in [0.4, 0.5) is 4.39 Å². The van der Waals surface area contributed by atoms with Crippen molar-refractivity contribution in [3.8, 4) is 6.07 Å². The second-order valence-electron chi connectivity index (χ2n) is 5.72. The van der Waals surface area contributed by atoms with E-state index in [1.165, 1.54) is 12.2 Å². The van der Waals surface area contributed by atoms with E-state index in [0.717, 1.165) is 6.54 Å². The maximum absolute atomic E-state index is 12.1. The van der Waals surface area contributed by atoms with Crippen LogP contribution in [0.25, 0.3) is 0 Å². The molecule has 5 heteroatoms. The number of hydrogen-bond acceptors (Lipinski definition) is 3. The minimum Gasteiger partial charge on any atom is -0.333 e. The van der Waals surface area contributed by atoms with E-state index in [0.29, 0.717) is 19.5 Å². The highest BCUT2D eigenvalue weighted by Crippen LogP contribution is 2.21. The molecule has 1 aliphatic heterocycles. The highest BCUT2D eigenvalue weighted by Gasteiger charge is 2.33. The van der Waals surface area contributed by atoms with E-state index in [1.54, 1.807) is 4.90 Å². The fourth-order valence-electron chi connectivity index (χ4n) is 2.28. The molecule has 1 aliphatic rings. The Kier molecular flexibility index (Phi) is 5.49. The van der Waals surface area contributed by atoms with Gasteiger partial charge in [-0.25, -0.2) is 4.39 Å². The third-order valence-electron chi connectivity index (χ3n) is 3.39. The number of nitriles is 1. The monoisotopic (exact) mass is 267 g/mol. The Morgan fingerprint density at radius 2 is 2.16 bits per heavy atom. The number of nitrogens with zero attached hydrogens (tertiary/aromatic N) is 3. The van der Waals surface area contributed by atoms with E-state index in [9.17, 15) is 9.18 Å². The van der Waals surface area contributed by atoms with Gasteiger partial charge in [-0.3, -0.25) is 9.69 Å². The molecule has 0 aromatic heterocycles. The molecule has 0 aliphatic carbocycles. The Labute approximate surface area is 114 Å².